The molecule has 1 aliphatic carbocycles. The van der Waals surface area contributed by atoms with Gasteiger partial charge in [0.2, 0.25) is 0 Å². The molecule has 0 amide bonds. The van der Waals surface area contributed by atoms with Crippen LogP contribution in [0.3, 0.4) is 0 Å². The quantitative estimate of drug-likeness (QED) is 0.459. The minimum Gasteiger partial charge on any atom is -0.464 e. The first-order valence-electron chi connectivity index (χ1n) is 4.50. The molecule has 76 valence electrons. The van der Waals surface area contributed by atoms with Crippen molar-refractivity contribution in [2.45, 2.75) is 25.0 Å². The Morgan fingerprint density at radius 2 is 2.21 bits per heavy atom. The molecule has 0 radical (unpaired) electrons. The Kier molecular flexibility index (Phi) is 2.23. The number of aldehydes is 1. The van der Waals surface area contributed by atoms with Gasteiger partial charge in [-0.05, 0) is 0 Å². The van der Waals surface area contributed by atoms with Crippen molar-refractivity contribution in [1.82, 2.24) is 0 Å². The first-order valence-corrected chi connectivity index (χ1v) is 4.50. The van der Waals surface area contributed by atoms with Gasteiger partial charge >= 0.3 is 5.97 Å². The monoisotopic (exact) mass is 198 g/mol. The molecule has 14 heavy (non-hydrogen) atoms. The van der Waals surface area contributed by atoms with Crippen LogP contribution in [0.5, 0.6) is 0 Å². The smallest absolute Gasteiger partial charge is 0.306 e. The maximum absolute atomic E-state index is 10.9. The molecule has 0 aromatic rings. The van der Waals surface area contributed by atoms with Crippen LogP contribution in [0.4, 0.5) is 0 Å². The SMILES string of the molecule is O=CO[C@@H]1CC2OC(=O)C[C@@H]2[C@H]1C=O. The van der Waals surface area contributed by atoms with Crippen molar-refractivity contribution < 1.29 is 23.9 Å². The third kappa shape index (κ3) is 1.29. The van der Waals surface area contributed by atoms with E-state index >= 15 is 0 Å². The molecule has 0 aromatic heterocycles. The van der Waals surface area contributed by atoms with E-state index in [-0.39, 0.29) is 24.4 Å². The van der Waals surface area contributed by atoms with Crippen molar-refractivity contribution in [1.29, 1.82) is 0 Å². The Morgan fingerprint density at radius 3 is 2.86 bits per heavy atom. The van der Waals surface area contributed by atoms with Crippen LogP contribution in [0, 0.1) is 11.8 Å². The molecule has 2 aliphatic rings. The van der Waals surface area contributed by atoms with Gasteiger partial charge in [-0.15, -0.1) is 0 Å². The van der Waals surface area contributed by atoms with Gasteiger partial charge in [0.05, 0.1) is 12.3 Å². The van der Waals surface area contributed by atoms with Crippen molar-refractivity contribution in [3.8, 4) is 0 Å². The lowest BCUT2D eigenvalue weighted by Crippen LogP contribution is -2.23. The minimum absolute atomic E-state index is 0.107. The second-order valence-corrected chi connectivity index (χ2v) is 3.62. The number of ether oxygens (including phenoxy) is 2. The molecule has 4 atom stereocenters. The zero-order valence-corrected chi connectivity index (χ0v) is 7.42. The molecule has 1 unspecified atom stereocenters. The predicted octanol–water partition coefficient (Wildman–Crippen LogP) is -0.322. The van der Waals surface area contributed by atoms with Gasteiger partial charge in [0.25, 0.3) is 6.47 Å². The van der Waals surface area contributed by atoms with E-state index in [1.165, 1.54) is 0 Å². The van der Waals surface area contributed by atoms with Crippen LogP contribution >= 0.6 is 0 Å². The summed E-state index contributed by atoms with van der Waals surface area (Å²) in [5, 5.41) is 0. The van der Waals surface area contributed by atoms with Gasteiger partial charge in [-0.25, -0.2) is 0 Å². The van der Waals surface area contributed by atoms with Gasteiger partial charge in [0.15, 0.2) is 0 Å². The second kappa shape index (κ2) is 3.40. The summed E-state index contributed by atoms with van der Waals surface area (Å²) in [6.45, 7) is 0.337. The average Bonchev–Trinajstić information content (AvgIpc) is 2.61. The fourth-order valence-electron chi connectivity index (χ4n) is 2.30. The van der Waals surface area contributed by atoms with Gasteiger partial charge in [-0.1, -0.05) is 0 Å². The van der Waals surface area contributed by atoms with Gasteiger partial charge in [0.1, 0.15) is 18.5 Å². The van der Waals surface area contributed by atoms with Crippen LogP contribution in [0.25, 0.3) is 0 Å². The molecule has 5 nitrogen and oxygen atoms in total. The fraction of sp³-hybridized carbons (Fsp3) is 0.667. The van der Waals surface area contributed by atoms with Crippen LogP contribution in [-0.4, -0.2) is 30.9 Å². The molecule has 0 aromatic carbocycles. The van der Waals surface area contributed by atoms with E-state index < -0.39 is 12.0 Å². The standard InChI is InChI=1S/C9H10O5/c10-3-6-5-1-9(12)14-8(5)2-7(6)13-4-11/h3-8H,1-2H2/t5-,6-,7-,8?/m1/s1. The van der Waals surface area contributed by atoms with E-state index in [2.05, 4.69) is 0 Å². The first-order chi connectivity index (χ1) is 6.76. The molecule has 5 heteroatoms. The van der Waals surface area contributed by atoms with Crippen LogP contribution in [0.1, 0.15) is 12.8 Å². The Bertz CT molecular complexity index is 274. The molecule has 1 aliphatic heterocycles. The molecule has 0 N–H and O–H groups in total. The molecule has 2 rings (SSSR count). The highest BCUT2D eigenvalue weighted by molar-refractivity contribution is 5.74. The summed E-state index contributed by atoms with van der Waals surface area (Å²) in [4.78, 5) is 31.9. The zero-order valence-electron chi connectivity index (χ0n) is 7.42. The van der Waals surface area contributed by atoms with Crippen molar-refractivity contribution in [2.75, 3.05) is 0 Å². The fourth-order valence-corrected chi connectivity index (χ4v) is 2.30. The summed E-state index contributed by atoms with van der Waals surface area (Å²) in [7, 11) is 0. The van der Waals surface area contributed by atoms with Crippen molar-refractivity contribution in [2.24, 2.45) is 11.8 Å². The topological polar surface area (TPSA) is 69.7 Å². The molecular formula is C9H10O5. The number of carbonyl (C=O) groups is 3. The van der Waals surface area contributed by atoms with Crippen LogP contribution in [0.2, 0.25) is 0 Å². The maximum Gasteiger partial charge on any atom is 0.306 e. The molecule has 0 spiro atoms. The Labute approximate surface area is 80.4 Å². The van der Waals surface area contributed by atoms with Gasteiger partial charge < -0.3 is 14.3 Å². The van der Waals surface area contributed by atoms with Gasteiger partial charge in [-0.3, -0.25) is 9.59 Å². The molecule has 1 saturated heterocycles. The largest absolute Gasteiger partial charge is 0.464 e. The van der Waals surface area contributed by atoms with E-state index in [0.29, 0.717) is 12.9 Å². The van der Waals surface area contributed by atoms with Crippen LogP contribution in [0.15, 0.2) is 0 Å². The van der Waals surface area contributed by atoms with E-state index in [9.17, 15) is 14.4 Å². The third-order valence-corrected chi connectivity index (χ3v) is 2.94. The summed E-state index contributed by atoms with van der Waals surface area (Å²) in [6, 6.07) is 0. The molecule has 2 fully saturated rings. The summed E-state index contributed by atoms with van der Waals surface area (Å²) in [5.74, 6) is -0.766. The number of hydrogen-bond donors (Lipinski definition) is 0. The number of hydrogen-bond acceptors (Lipinski definition) is 5. The summed E-state index contributed by atoms with van der Waals surface area (Å²) in [6.07, 6.45) is 0.780. The highest BCUT2D eigenvalue weighted by Gasteiger charge is 2.51. The normalized spacial score (nSPS) is 40.1. The summed E-state index contributed by atoms with van der Waals surface area (Å²) < 4.78 is 9.77. The molecule has 1 heterocycles. The predicted molar refractivity (Wildman–Crippen MR) is 43.1 cm³/mol. The number of carbonyl (C=O) groups excluding carboxylic acids is 3. The third-order valence-electron chi connectivity index (χ3n) is 2.94. The highest BCUT2D eigenvalue weighted by atomic mass is 16.6. The Hall–Kier alpha value is -1.39. The Morgan fingerprint density at radius 1 is 1.43 bits per heavy atom. The molecule has 0 bridgehead atoms. The van der Waals surface area contributed by atoms with E-state index in [4.69, 9.17) is 9.47 Å². The van der Waals surface area contributed by atoms with E-state index in [1.54, 1.807) is 0 Å². The van der Waals surface area contributed by atoms with Crippen molar-refractivity contribution in [3.63, 3.8) is 0 Å². The summed E-state index contributed by atoms with van der Waals surface area (Å²) in [5.41, 5.74) is 0. The lowest BCUT2D eigenvalue weighted by molar-refractivity contribution is -0.143. The summed E-state index contributed by atoms with van der Waals surface area (Å²) >= 11 is 0. The van der Waals surface area contributed by atoms with Gasteiger partial charge in [-0.2, -0.15) is 0 Å². The van der Waals surface area contributed by atoms with Crippen LogP contribution < -0.4 is 0 Å². The van der Waals surface area contributed by atoms with Crippen LogP contribution in [-0.2, 0) is 23.9 Å². The van der Waals surface area contributed by atoms with Gasteiger partial charge in [0, 0.05) is 12.3 Å². The molecule has 1 saturated carbocycles. The molecular weight excluding hydrogens is 188 g/mol. The number of esters is 1. The number of rotatable bonds is 3. The lowest BCUT2D eigenvalue weighted by Gasteiger charge is -2.14. The maximum atomic E-state index is 10.9. The first kappa shape index (κ1) is 9.18. The Balaban J connectivity index is 2.11. The van der Waals surface area contributed by atoms with E-state index in [0.717, 1.165) is 6.29 Å². The van der Waals surface area contributed by atoms with Crippen molar-refractivity contribution >= 4 is 18.7 Å². The zero-order chi connectivity index (χ0) is 10.1. The highest BCUT2D eigenvalue weighted by Crippen LogP contribution is 2.41. The second-order valence-electron chi connectivity index (χ2n) is 3.62. The van der Waals surface area contributed by atoms with Crippen molar-refractivity contribution in [3.05, 3.63) is 0 Å². The number of fused-ring (bicyclic) bond motifs is 1. The lowest BCUT2D eigenvalue weighted by atomic mass is 9.94. The van der Waals surface area contributed by atoms with E-state index in [1.807, 2.05) is 0 Å². The average molecular weight is 198 g/mol. The minimum atomic E-state index is -0.423.